The number of para-hydroxylation sites is 1. The molecule has 1 aliphatic rings. The van der Waals surface area contributed by atoms with Crippen LogP contribution in [0.4, 0.5) is 5.69 Å². The van der Waals surface area contributed by atoms with Gasteiger partial charge in [0.2, 0.25) is 0 Å². The first-order valence-electron chi connectivity index (χ1n) is 8.71. The molecule has 1 N–H and O–H groups in total. The van der Waals surface area contributed by atoms with Crippen LogP contribution in [0.2, 0.25) is 10.0 Å². The normalized spacial score (nSPS) is 14.6. The summed E-state index contributed by atoms with van der Waals surface area (Å²) < 4.78 is 0. The van der Waals surface area contributed by atoms with E-state index in [1.165, 1.54) is 0 Å². The summed E-state index contributed by atoms with van der Waals surface area (Å²) in [5, 5.41) is 3.45. The van der Waals surface area contributed by atoms with Crippen molar-refractivity contribution in [2.45, 2.75) is 25.7 Å². The summed E-state index contributed by atoms with van der Waals surface area (Å²) in [5.41, 5.74) is 1.27. The lowest BCUT2D eigenvalue weighted by Crippen LogP contribution is -2.32. The Morgan fingerprint density at radius 3 is 2.08 bits per heavy atom. The highest BCUT2D eigenvalue weighted by Crippen LogP contribution is 2.30. The SMILES string of the molecule is O=C(Nc1c(Cl)cccc1Cl)c1cccc(C(=O)N2CCCCCC2)c1. The molecule has 6 heteroatoms. The van der Waals surface area contributed by atoms with E-state index in [0.29, 0.717) is 26.9 Å². The van der Waals surface area contributed by atoms with Gasteiger partial charge in [-0.1, -0.05) is 48.2 Å². The third kappa shape index (κ3) is 4.37. The van der Waals surface area contributed by atoms with Crippen molar-refractivity contribution in [1.29, 1.82) is 0 Å². The van der Waals surface area contributed by atoms with Crippen molar-refractivity contribution in [3.8, 4) is 0 Å². The summed E-state index contributed by atoms with van der Waals surface area (Å²) in [6.45, 7) is 1.54. The van der Waals surface area contributed by atoms with Crippen molar-refractivity contribution in [3.05, 3.63) is 63.6 Å². The zero-order valence-electron chi connectivity index (χ0n) is 14.3. The molecule has 1 heterocycles. The number of hydrogen-bond donors (Lipinski definition) is 1. The van der Waals surface area contributed by atoms with Crippen LogP contribution < -0.4 is 5.32 Å². The van der Waals surface area contributed by atoms with Crippen molar-refractivity contribution in [2.24, 2.45) is 0 Å². The van der Waals surface area contributed by atoms with E-state index in [9.17, 15) is 9.59 Å². The van der Waals surface area contributed by atoms with E-state index in [1.54, 1.807) is 42.5 Å². The lowest BCUT2D eigenvalue weighted by Gasteiger charge is -2.20. The molecule has 0 bridgehead atoms. The van der Waals surface area contributed by atoms with Crippen LogP contribution >= 0.6 is 23.2 Å². The summed E-state index contributed by atoms with van der Waals surface area (Å²) >= 11 is 12.2. The number of rotatable bonds is 3. The van der Waals surface area contributed by atoms with Gasteiger partial charge in [0.1, 0.15) is 0 Å². The van der Waals surface area contributed by atoms with Crippen molar-refractivity contribution >= 4 is 40.7 Å². The van der Waals surface area contributed by atoms with Crippen LogP contribution in [-0.4, -0.2) is 29.8 Å². The van der Waals surface area contributed by atoms with Gasteiger partial charge in [-0.2, -0.15) is 0 Å². The molecule has 4 nitrogen and oxygen atoms in total. The quantitative estimate of drug-likeness (QED) is 0.776. The second-order valence-electron chi connectivity index (χ2n) is 6.34. The van der Waals surface area contributed by atoms with E-state index in [0.717, 1.165) is 38.8 Å². The van der Waals surface area contributed by atoms with Crippen LogP contribution in [0.1, 0.15) is 46.4 Å². The van der Waals surface area contributed by atoms with Gasteiger partial charge >= 0.3 is 0 Å². The second-order valence-corrected chi connectivity index (χ2v) is 7.15. The molecule has 1 fully saturated rings. The zero-order chi connectivity index (χ0) is 18.5. The van der Waals surface area contributed by atoms with Crippen molar-refractivity contribution in [1.82, 2.24) is 4.90 Å². The van der Waals surface area contributed by atoms with Gasteiger partial charge in [-0.3, -0.25) is 9.59 Å². The Kier molecular flexibility index (Phi) is 6.17. The number of halogens is 2. The molecule has 26 heavy (non-hydrogen) atoms. The number of benzene rings is 2. The number of likely N-dealkylation sites (tertiary alicyclic amines) is 1. The molecular formula is C20H20Cl2N2O2. The Labute approximate surface area is 163 Å². The van der Waals surface area contributed by atoms with Gasteiger partial charge < -0.3 is 10.2 Å². The van der Waals surface area contributed by atoms with E-state index >= 15 is 0 Å². The minimum atomic E-state index is -0.356. The van der Waals surface area contributed by atoms with Gasteiger partial charge in [0.05, 0.1) is 15.7 Å². The highest BCUT2D eigenvalue weighted by molar-refractivity contribution is 6.40. The maximum absolute atomic E-state index is 12.7. The van der Waals surface area contributed by atoms with Gasteiger partial charge in [-0.15, -0.1) is 0 Å². The maximum Gasteiger partial charge on any atom is 0.255 e. The number of nitrogens with one attached hydrogen (secondary N) is 1. The molecule has 3 rings (SSSR count). The second kappa shape index (κ2) is 8.56. The average molecular weight is 391 g/mol. The van der Waals surface area contributed by atoms with Gasteiger partial charge in [0, 0.05) is 24.2 Å². The zero-order valence-corrected chi connectivity index (χ0v) is 15.8. The number of hydrogen-bond acceptors (Lipinski definition) is 2. The Hall–Kier alpha value is -2.04. The first-order chi connectivity index (χ1) is 12.6. The molecule has 0 aromatic heterocycles. The molecule has 0 spiro atoms. The van der Waals surface area contributed by atoms with Crippen LogP contribution in [0, 0.1) is 0 Å². The number of carbonyl (C=O) groups is 2. The fraction of sp³-hybridized carbons (Fsp3) is 0.300. The van der Waals surface area contributed by atoms with Gasteiger partial charge in [0.25, 0.3) is 11.8 Å². The van der Waals surface area contributed by atoms with Crippen LogP contribution in [0.5, 0.6) is 0 Å². The van der Waals surface area contributed by atoms with Gasteiger partial charge in [0.15, 0.2) is 0 Å². The minimum absolute atomic E-state index is 0.0303. The first kappa shape index (κ1) is 18.7. The molecule has 0 atom stereocenters. The highest BCUT2D eigenvalue weighted by atomic mass is 35.5. The van der Waals surface area contributed by atoms with Crippen LogP contribution in [0.15, 0.2) is 42.5 Å². The summed E-state index contributed by atoms with van der Waals surface area (Å²) in [6, 6.07) is 11.8. The molecular weight excluding hydrogens is 371 g/mol. The third-order valence-corrected chi connectivity index (χ3v) is 5.10. The van der Waals surface area contributed by atoms with Crippen LogP contribution in [-0.2, 0) is 0 Å². The Morgan fingerprint density at radius 1 is 0.846 bits per heavy atom. The summed E-state index contributed by atoms with van der Waals surface area (Å²) in [7, 11) is 0. The molecule has 0 saturated carbocycles. The van der Waals surface area contributed by atoms with Crippen LogP contribution in [0.25, 0.3) is 0 Å². The predicted octanol–water partition coefficient (Wildman–Crippen LogP) is 5.26. The highest BCUT2D eigenvalue weighted by Gasteiger charge is 2.19. The van der Waals surface area contributed by atoms with Gasteiger partial charge in [-0.05, 0) is 43.2 Å². The van der Waals surface area contributed by atoms with E-state index in [-0.39, 0.29) is 11.8 Å². The molecule has 0 radical (unpaired) electrons. The topological polar surface area (TPSA) is 49.4 Å². The lowest BCUT2D eigenvalue weighted by atomic mass is 10.1. The Morgan fingerprint density at radius 2 is 1.42 bits per heavy atom. The Balaban J connectivity index is 1.78. The molecule has 2 aromatic rings. The number of anilines is 1. The average Bonchev–Trinajstić information content (AvgIpc) is 2.93. The summed E-state index contributed by atoms with van der Waals surface area (Å²) in [4.78, 5) is 27.2. The van der Waals surface area contributed by atoms with Crippen molar-refractivity contribution in [3.63, 3.8) is 0 Å². The third-order valence-electron chi connectivity index (χ3n) is 4.47. The summed E-state index contributed by atoms with van der Waals surface area (Å²) in [5.74, 6) is -0.386. The number of amides is 2. The summed E-state index contributed by atoms with van der Waals surface area (Å²) in [6.07, 6.45) is 4.36. The first-order valence-corrected chi connectivity index (χ1v) is 9.46. The van der Waals surface area contributed by atoms with Crippen molar-refractivity contribution < 1.29 is 9.59 Å². The fourth-order valence-corrected chi connectivity index (χ4v) is 3.54. The van der Waals surface area contributed by atoms with E-state index in [4.69, 9.17) is 23.2 Å². The number of nitrogens with zero attached hydrogens (tertiary/aromatic N) is 1. The van der Waals surface area contributed by atoms with Crippen LogP contribution in [0.3, 0.4) is 0 Å². The van der Waals surface area contributed by atoms with Crippen molar-refractivity contribution in [2.75, 3.05) is 18.4 Å². The van der Waals surface area contributed by atoms with Gasteiger partial charge in [-0.25, -0.2) is 0 Å². The largest absolute Gasteiger partial charge is 0.339 e. The molecule has 1 saturated heterocycles. The lowest BCUT2D eigenvalue weighted by molar-refractivity contribution is 0.0761. The predicted molar refractivity (Wildman–Crippen MR) is 105 cm³/mol. The smallest absolute Gasteiger partial charge is 0.255 e. The van der Waals surface area contributed by atoms with E-state index < -0.39 is 0 Å². The van der Waals surface area contributed by atoms with E-state index in [2.05, 4.69) is 5.32 Å². The molecule has 0 unspecified atom stereocenters. The molecule has 0 aliphatic carbocycles. The molecule has 136 valence electrons. The maximum atomic E-state index is 12.7. The fourth-order valence-electron chi connectivity index (χ4n) is 3.05. The monoisotopic (exact) mass is 390 g/mol. The Bertz CT molecular complexity index is 795. The molecule has 2 amide bonds. The number of carbonyl (C=O) groups excluding carboxylic acids is 2. The van der Waals surface area contributed by atoms with E-state index in [1.807, 2.05) is 4.90 Å². The molecule has 1 aliphatic heterocycles. The minimum Gasteiger partial charge on any atom is -0.339 e. The standard InChI is InChI=1S/C20H20Cl2N2O2/c21-16-9-6-10-17(22)18(16)23-19(25)14-7-5-8-15(13-14)20(26)24-11-3-1-2-4-12-24/h5-10,13H,1-4,11-12H2,(H,23,25). The molecule has 2 aromatic carbocycles.